The first kappa shape index (κ1) is 53.6. The van der Waals surface area contributed by atoms with Gasteiger partial charge in [0.1, 0.15) is 19.8 Å². The first-order valence-electron chi connectivity index (χ1n) is 21.7. The van der Waals surface area contributed by atoms with E-state index < -0.39 is 32.5 Å². The number of allylic oxidation sites excluding steroid dienone is 16. The third kappa shape index (κ3) is 36.2. The van der Waals surface area contributed by atoms with Crippen LogP contribution in [0.4, 0.5) is 0 Å². The fourth-order valence-corrected chi connectivity index (χ4v) is 5.99. The number of rotatable bonds is 36. The van der Waals surface area contributed by atoms with Gasteiger partial charge in [-0.05, 0) is 89.9 Å². The molecule has 1 fully saturated rings. The Morgan fingerprint density at radius 3 is 1.63 bits per heavy atom. The van der Waals surface area contributed by atoms with Gasteiger partial charge in [0.15, 0.2) is 6.10 Å². The lowest BCUT2D eigenvalue weighted by Crippen LogP contribution is -2.37. The minimum absolute atomic E-state index is 0.00250. The number of carbonyl (C=O) groups excluding carboxylic acids is 2. The van der Waals surface area contributed by atoms with Crippen molar-refractivity contribution in [2.24, 2.45) is 0 Å². The summed E-state index contributed by atoms with van der Waals surface area (Å²) in [6.45, 7) is 4.01. The summed E-state index contributed by atoms with van der Waals surface area (Å²) in [5, 5.41) is 0. The van der Waals surface area contributed by atoms with Crippen LogP contribution in [-0.2, 0) is 37.4 Å². The maximum Gasteiger partial charge on any atom is 0.472 e. The van der Waals surface area contributed by atoms with E-state index in [1.54, 1.807) is 0 Å². The molecule has 0 aromatic heterocycles. The second-order valence-electron chi connectivity index (χ2n) is 15.3. The van der Waals surface area contributed by atoms with Crippen LogP contribution < -0.4 is 0 Å². The molecule has 4 atom stereocenters. The molecular weight excluding hydrogens is 765 g/mol. The Hall–Kier alpha value is -3.37. The van der Waals surface area contributed by atoms with Crippen molar-refractivity contribution in [2.45, 2.75) is 135 Å². The lowest BCUT2D eigenvalue weighted by Gasteiger charge is -2.24. The number of quaternary nitrogens is 1. The van der Waals surface area contributed by atoms with E-state index in [0.29, 0.717) is 36.1 Å². The summed E-state index contributed by atoms with van der Waals surface area (Å²) in [4.78, 5) is 35.3. The van der Waals surface area contributed by atoms with Crippen LogP contribution >= 0.6 is 7.82 Å². The van der Waals surface area contributed by atoms with Gasteiger partial charge in [0.25, 0.3) is 0 Å². The molecule has 1 heterocycles. The van der Waals surface area contributed by atoms with Gasteiger partial charge in [0, 0.05) is 12.8 Å². The van der Waals surface area contributed by atoms with Gasteiger partial charge in [-0.2, -0.15) is 0 Å². The van der Waals surface area contributed by atoms with Gasteiger partial charge in [-0.1, -0.05) is 123 Å². The number of ether oxygens (including phenoxy) is 3. The monoisotopic (exact) mass is 843 g/mol. The van der Waals surface area contributed by atoms with Gasteiger partial charge in [-0.25, -0.2) is 4.57 Å². The molecule has 11 heteroatoms. The Morgan fingerprint density at radius 1 is 0.610 bits per heavy atom. The molecule has 1 saturated heterocycles. The van der Waals surface area contributed by atoms with Crippen molar-refractivity contribution in [2.75, 3.05) is 47.5 Å². The van der Waals surface area contributed by atoms with Gasteiger partial charge in [0.05, 0.1) is 40.0 Å². The second-order valence-corrected chi connectivity index (χ2v) is 16.8. The fourth-order valence-electron chi connectivity index (χ4n) is 5.25. The average Bonchev–Trinajstić information content (AvgIpc) is 3.94. The van der Waals surface area contributed by atoms with Crippen LogP contribution in [0.5, 0.6) is 0 Å². The molecule has 0 radical (unpaired) electrons. The Labute approximate surface area is 357 Å². The van der Waals surface area contributed by atoms with E-state index in [1.165, 1.54) is 0 Å². The van der Waals surface area contributed by atoms with E-state index in [0.717, 1.165) is 77.0 Å². The topological polar surface area (TPSA) is 121 Å². The SMILES string of the molecule is CC/C=C\C/C=C\C/C=C\C/C=C\CCCCC(=O)OC[C@H](COP(=O)(O)OCC[N+](C)(C)C)OC(=O)CC/C=C\C/C=C\C/C=C\C/C=C\CC1OC1C/C=C\CC. The van der Waals surface area contributed by atoms with Crippen LogP contribution in [0.15, 0.2) is 109 Å². The zero-order valence-corrected chi connectivity index (χ0v) is 37.8. The first-order valence-corrected chi connectivity index (χ1v) is 23.2. The van der Waals surface area contributed by atoms with Gasteiger partial charge in [-0.15, -0.1) is 0 Å². The van der Waals surface area contributed by atoms with Crippen molar-refractivity contribution in [3.63, 3.8) is 0 Å². The van der Waals surface area contributed by atoms with Crippen molar-refractivity contribution in [1.29, 1.82) is 0 Å². The number of nitrogens with zero attached hydrogens (tertiary/aromatic N) is 1. The molecule has 0 bridgehead atoms. The largest absolute Gasteiger partial charge is 0.472 e. The van der Waals surface area contributed by atoms with Crippen molar-refractivity contribution >= 4 is 19.8 Å². The van der Waals surface area contributed by atoms with Gasteiger partial charge in [-0.3, -0.25) is 18.6 Å². The van der Waals surface area contributed by atoms with E-state index in [4.69, 9.17) is 23.3 Å². The average molecular weight is 843 g/mol. The third-order valence-electron chi connectivity index (χ3n) is 8.71. The summed E-state index contributed by atoms with van der Waals surface area (Å²) < 4.78 is 39.8. The predicted octanol–water partition coefficient (Wildman–Crippen LogP) is 11.3. The Bertz CT molecular complexity index is 1430. The number of hydrogen-bond donors (Lipinski definition) is 1. The Morgan fingerprint density at radius 2 is 1.08 bits per heavy atom. The van der Waals surface area contributed by atoms with Crippen molar-refractivity contribution < 1.29 is 46.8 Å². The van der Waals surface area contributed by atoms with Gasteiger partial charge >= 0.3 is 19.8 Å². The van der Waals surface area contributed by atoms with Crippen molar-refractivity contribution in [1.82, 2.24) is 0 Å². The molecule has 0 aromatic rings. The minimum Gasteiger partial charge on any atom is -0.462 e. The smallest absolute Gasteiger partial charge is 0.462 e. The van der Waals surface area contributed by atoms with E-state index in [9.17, 15) is 19.0 Å². The predicted molar refractivity (Wildman–Crippen MR) is 242 cm³/mol. The van der Waals surface area contributed by atoms with Crippen LogP contribution in [0.2, 0.25) is 0 Å². The van der Waals surface area contributed by atoms with E-state index >= 15 is 0 Å². The molecule has 1 rings (SSSR count). The van der Waals surface area contributed by atoms with E-state index in [1.807, 2.05) is 33.3 Å². The second kappa shape index (κ2) is 35.4. The quantitative estimate of drug-likeness (QED) is 0.0164. The molecule has 0 spiro atoms. The maximum absolute atomic E-state index is 12.7. The summed E-state index contributed by atoms with van der Waals surface area (Å²) >= 11 is 0. The van der Waals surface area contributed by atoms with E-state index in [-0.39, 0.29) is 26.1 Å². The summed E-state index contributed by atoms with van der Waals surface area (Å²) in [5.41, 5.74) is 0. The summed E-state index contributed by atoms with van der Waals surface area (Å²) in [5.74, 6) is -0.964. The molecule has 1 aliphatic heterocycles. The molecule has 0 aromatic carbocycles. The highest BCUT2D eigenvalue weighted by molar-refractivity contribution is 7.47. The van der Waals surface area contributed by atoms with Gasteiger partial charge < -0.3 is 23.6 Å². The van der Waals surface area contributed by atoms with Crippen molar-refractivity contribution in [3.8, 4) is 0 Å². The number of phosphoric acid groups is 1. The lowest BCUT2D eigenvalue weighted by atomic mass is 10.1. The summed E-state index contributed by atoms with van der Waals surface area (Å²) in [6.07, 6.45) is 50.6. The number of unbranched alkanes of at least 4 members (excludes halogenated alkanes) is 2. The zero-order valence-electron chi connectivity index (χ0n) is 36.9. The standard InChI is InChI=1S/C48H76NO9P/c1-6-8-10-11-12-13-14-15-16-17-21-24-27-30-34-38-47(50)54-42-44(43-56-59(52,53)55-41-40-49(3,4)5)57-48(51)39-35-31-28-25-22-19-18-20-23-26-29-33-37-46-45(58-46)36-32-9-7-2/h8-10,12-13,15-16,19-24,28-29,31-33,44-46H,6-7,11,14,17-18,25-27,30,34-43H2,1-5H3/p+1/b10-8-,13-12-,16-15-,22-19-,23-20-,24-21-,31-28-,32-9-,33-29-/t44-,45?,46?/m1/s1. The minimum atomic E-state index is -4.42. The Kier molecular flexibility index (Phi) is 32.2. The van der Waals surface area contributed by atoms with Crippen molar-refractivity contribution in [3.05, 3.63) is 109 Å². The number of likely N-dealkylation sites (N-methyl/N-ethyl adjacent to an activating group) is 1. The highest BCUT2D eigenvalue weighted by atomic mass is 31.2. The third-order valence-corrected chi connectivity index (χ3v) is 9.70. The normalized spacial score (nSPS) is 18.1. The molecule has 59 heavy (non-hydrogen) atoms. The zero-order chi connectivity index (χ0) is 43.3. The lowest BCUT2D eigenvalue weighted by molar-refractivity contribution is -0.870. The first-order chi connectivity index (χ1) is 28.5. The molecule has 332 valence electrons. The molecule has 1 aliphatic rings. The van der Waals surface area contributed by atoms with Crippen LogP contribution in [0.25, 0.3) is 0 Å². The molecule has 0 amide bonds. The number of hydrogen-bond acceptors (Lipinski definition) is 8. The van der Waals surface area contributed by atoms with Gasteiger partial charge in [0.2, 0.25) is 0 Å². The number of phosphoric ester groups is 1. The Balaban J connectivity index is 2.38. The molecule has 3 unspecified atom stereocenters. The van der Waals surface area contributed by atoms with E-state index in [2.05, 4.69) is 111 Å². The van der Waals surface area contributed by atoms with Crippen LogP contribution in [0.3, 0.4) is 0 Å². The highest BCUT2D eigenvalue weighted by Crippen LogP contribution is 2.43. The summed E-state index contributed by atoms with van der Waals surface area (Å²) in [6, 6.07) is 0. The molecule has 0 saturated carbocycles. The highest BCUT2D eigenvalue weighted by Gasteiger charge is 2.36. The molecular formula is C48H77NO9P+. The fraction of sp³-hybridized carbons (Fsp3) is 0.583. The number of epoxide rings is 1. The van der Waals surface area contributed by atoms with Crippen LogP contribution in [-0.4, -0.2) is 87.1 Å². The maximum atomic E-state index is 12.7. The molecule has 10 nitrogen and oxygen atoms in total. The van der Waals surface area contributed by atoms with Crippen LogP contribution in [0, 0.1) is 0 Å². The number of carbonyl (C=O) groups is 2. The number of esters is 2. The summed E-state index contributed by atoms with van der Waals surface area (Å²) in [7, 11) is 1.38. The molecule has 1 N–H and O–H groups in total. The van der Waals surface area contributed by atoms with Crippen LogP contribution in [0.1, 0.15) is 117 Å². The molecule has 0 aliphatic carbocycles.